The zero-order valence-electron chi connectivity index (χ0n) is 10.4. The predicted molar refractivity (Wildman–Crippen MR) is 70.4 cm³/mol. The van der Waals surface area contributed by atoms with Crippen molar-refractivity contribution < 1.29 is 8.42 Å². The Hall–Kier alpha value is -1.13. The van der Waals surface area contributed by atoms with Crippen molar-refractivity contribution in [2.24, 2.45) is 0 Å². The van der Waals surface area contributed by atoms with Gasteiger partial charge in [-0.25, -0.2) is 12.7 Å². The van der Waals surface area contributed by atoms with Crippen molar-refractivity contribution in [1.29, 1.82) is 0 Å². The Morgan fingerprint density at radius 1 is 1.35 bits per heavy atom. The van der Waals surface area contributed by atoms with Crippen LogP contribution >= 0.6 is 0 Å². The number of unbranched alkanes of at least 4 members (excludes halogenated alkanes) is 1. The van der Waals surface area contributed by atoms with Gasteiger partial charge in [0.15, 0.2) is 0 Å². The number of hydrogen-bond acceptors (Lipinski definition) is 2. The molecule has 0 N–H and O–H groups in total. The highest BCUT2D eigenvalue weighted by Crippen LogP contribution is 2.18. The molecule has 0 spiro atoms. The highest BCUT2D eigenvalue weighted by atomic mass is 32.2. The standard InChI is InChI=1S/C13H19NO2S/c1-4-5-8-11-14(3)17(15,16)13-10-7-6-9-12(13)2/h4,6-7,9-10H,1,5,8,11H2,2-3H3. The first-order valence-corrected chi connectivity index (χ1v) is 7.07. The molecule has 94 valence electrons. The zero-order valence-corrected chi connectivity index (χ0v) is 11.2. The number of rotatable bonds is 6. The predicted octanol–water partition coefficient (Wildman–Crippen LogP) is 2.58. The van der Waals surface area contributed by atoms with Crippen molar-refractivity contribution in [1.82, 2.24) is 4.31 Å². The topological polar surface area (TPSA) is 37.4 Å². The van der Waals surface area contributed by atoms with E-state index in [2.05, 4.69) is 6.58 Å². The number of hydrogen-bond donors (Lipinski definition) is 0. The van der Waals surface area contributed by atoms with Gasteiger partial charge >= 0.3 is 0 Å². The molecule has 0 heterocycles. The monoisotopic (exact) mass is 253 g/mol. The number of aryl methyl sites for hydroxylation is 1. The van der Waals surface area contributed by atoms with Gasteiger partial charge in [-0.1, -0.05) is 24.3 Å². The fourth-order valence-corrected chi connectivity index (χ4v) is 3.02. The van der Waals surface area contributed by atoms with E-state index in [9.17, 15) is 8.42 Å². The van der Waals surface area contributed by atoms with E-state index < -0.39 is 10.0 Å². The van der Waals surface area contributed by atoms with E-state index in [0.717, 1.165) is 18.4 Å². The first-order chi connectivity index (χ1) is 8.00. The fourth-order valence-electron chi connectivity index (χ4n) is 1.59. The van der Waals surface area contributed by atoms with Crippen LogP contribution in [0.1, 0.15) is 18.4 Å². The zero-order chi connectivity index (χ0) is 12.9. The molecular weight excluding hydrogens is 234 g/mol. The Morgan fingerprint density at radius 2 is 2.00 bits per heavy atom. The molecule has 0 saturated carbocycles. The third-order valence-corrected chi connectivity index (χ3v) is 4.68. The lowest BCUT2D eigenvalue weighted by Crippen LogP contribution is -2.28. The van der Waals surface area contributed by atoms with Crippen LogP contribution in [0.5, 0.6) is 0 Å². The minimum atomic E-state index is -3.35. The van der Waals surface area contributed by atoms with Gasteiger partial charge in [0.1, 0.15) is 0 Å². The average Bonchev–Trinajstić information content (AvgIpc) is 2.29. The van der Waals surface area contributed by atoms with Gasteiger partial charge in [-0.05, 0) is 31.4 Å². The van der Waals surface area contributed by atoms with E-state index in [4.69, 9.17) is 0 Å². The first-order valence-electron chi connectivity index (χ1n) is 5.63. The molecule has 0 atom stereocenters. The van der Waals surface area contributed by atoms with Crippen molar-refractivity contribution in [3.05, 3.63) is 42.5 Å². The third kappa shape index (κ3) is 3.41. The molecule has 0 saturated heterocycles. The van der Waals surface area contributed by atoms with Gasteiger partial charge < -0.3 is 0 Å². The summed E-state index contributed by atoms with van der Waals surface area (Å²) in [6.07, 6.45) is 3.42. The minimum Gasteiger partial charge on any atom is -0.207 e. The van der Waals surface area contributed by atoms with E-state index in [-0.39, 0.29) is 0 Å². The van der Waals surface area contributed by atoms with Gasteiger partial charge in [-0.3, -0.25) is 0 Å². The summed E-state index contributed by atoms with van der Waals surface area (Å²) in [5, 5.41) is 0. The van der Waals surface area contributed by atoms with Crippen molar-refractivity contribution in [2.75, 3.05) is 13.6 Å². The molecule has 1 aromatic carbocycles. The van der Waals surface area contributed by atoms with E-state index in [1.54, 1.807) is 25.3 Å². The molecule has 0 radical (unpaired) electrons. The molecule has 0 amide bonds. The molecule has 0 aliphatic heterocycles. The SMILES string of the molecule is C=CCCCN(C)S(=O)(=O)c1ccccc1C. The summed E-state index contributed by atoms with van der Waals surface area (Å²) in [6.45, 7) is 5.95. The Morgan fingerprint density at radius 3 is 2.59 bits per heavy atom. The molecule has 0 aromatic heterocycles. The second-order valence-electron chi connectivity index (χ2n) is 4.02. The Labute approximate surface area is 104 Å². The molecule has 17 heavy (non-hydrogen) atoms. The van der Waals surface area contributed by atoms with Crippen LogP contribution in [0.2, 0.25) is 0 Å². The Bertz CT molecular complexity index is 480. The summed E-state index contributed by atoms with van der Waals surface area (Å²) in [5.41, 5.74) is 0.781. The molecular formula is C13H19NO2S. The first kappa shape index (κ1) is 13.9. The maximum Gasteiger partial charge on any atom is 0.243 e. The minimum absolute atomic E-state index is 0.390. The van der Waals surface area contributed by atoms with Crippen LogP contribution in [-0.2, 0) is 10.0 Å². The molecule has 3 nitrogen and oxygen atoms in total. The number of sulfonamides is 1. The van der Waals surface area contributed by atoms with E-state index in [1.165, 1.54) is 4.31 Å². The maximum atomic E-state index is 12.2. The highest BCUT2D eigenvalue weighted by molar-refractivity contribution is 7.89. The summed E-state index contributed by atoms with van der Waals surface area (Å²) in [7, 11) is -1.74. The van der Waals surface area contributed by atoms with Crippen LogP contribution in [0.3, 0.4) is 0 Å². The lowest BCUT2D eigenvalue weighted by molar-refractivity contribution is 0.462. The van der Waals surface area contributed by atoms with Crippen LogP contribution in [0.15, 0.2) is 41.8 Å². The fraction of sp³-hybridized carbons (Fsp3) is 0.385. The van der Waals surface area contributed by atoms with E-state index >= 15 is 0 Å². The Balaban J connectivity index is 2.88. The largest absolute Gasteiger partial charge is 0.243 e. The van der Waals surface area contributed by atoms with Crippen LogP contribution in [0.25, 0.3) is 0 Å². The van der Waals surface area contributed by atoms with Gasteiger partial charge in [0, 0.05) is 13.6 Å². The van der Waals surface area contributed by atoms with E-state index in [1.807, 2.05) is 19.1 Å². The average molecular weight is 253 g/mol. The summed E-state index contributed by atoms with van der Waals surface area (Å²) in [4.78, 5) is 0.390. The second-order valence-corrected chi connectivity index (χ2v) is 6.04. The normalized spacial score (nSPS) is 11.7. The third-order valence-electron chi connectivity index (χ3n) is 2.66. The van der Waals surface area contributed by atoms with Gasteiger partial charge in [0.05, 0.1) is 4.90 Å². The quantitative estimate of drug-likeness (QED) is 0.577. The Kier molecular flexibility index (Phi) is 4.90. The van der Waals surface area contributed by atoms with Crippen molar-refractivity contribution in [2.45, 2.75) is 24.7 Å². The lowest BCUT2D eigenvalue weighted by atomic mass is 10.2. The molecule has 0 bridgehead atoms. The van der Waals surface area contributed by atoms with Gasteiger partial charge in [0.2, 0.25) is 10.0 Å². The van der Waals surface area contributed by atoms with Crippen LogP contribution in [0, 0.1) is 6.92 Å². The lowest BCUT2D eigenvalue weighted by Gasteiger charge is -2.18. The molecule has 0 unspecified atom stereocenters. The smallest absolute Gasteiger partial charge is 0.207 e. The molecule has 1 aromatic rings. The molecule has 0 fully saturated rings. The van der Waals surface area contributed by atoms with Crippen molar-refractivity contribution >= 4 is 10.0 Å². The van der Waals surface area contributed by atoms with Crippen molar-refractivity contribution in [3.8, 4) is 0 Å². The van der Waals surface area contributed by atoms with Gasteiger partial charge in [0.25, 0.3) is 0 Å². The molecule has 4 heteroatoms. The summed E-state index contributed by atoms with van der Waals surface area (Å²) in [5.74, 6) is 0. The van der Waals surface area contributed by atoms with Gasteiger partial charge in [-0.2, -0.15) is 0 Å². The molecule has 0 aliphatic rings. The molecule has 1 rings (SSSR count). The van der Waals surface area contributed by atoms with Crippen LogP contribution in [0.4, 0.5) is 0 Å². The maximum absolute atomic E-state index is 12.2. The van der Waals surface area contributed by atoms with Crippen molar-refractivity contribution in [3.63, 3.8) is 0 Å². The van der Waals surface area contributed by atoms with E-state index in [0.29, 0.717) is 11.4 Å². The van der Waals surface area contributed by atoms with Crippen LogP contribution in [-0.4, -0.2) is 26.3 Å². The number of allylic oxidation sites excluding steroid dienone is 1. The summed E-state index contributed by atoms with van der Waals surface area (Å²) in [6, 6.07) is 7.04. The molecule has 0 aliphatic carbocycles. The highest BCUT2D eigenvalue weighted by Gasteiger charge is 2.21. The van der Waals surface area contributed by atoms with Crippen LogP contribution < -0.4 is 0 Å². The number of nitrogens with zero attached hydrogens (tertiary/aromatic N) is 1. The number of benzene rings is 1. The summed E-state index contributed by atoms with van der Waals surface area (Å²) >= 11 is 0. The summed E-state index contributed by atoms with van der Waals surface area (Å²) < 4.78 is 25.9. The van der Waals surface area contributed by atoms with Gasteiger partial charge in [-0.15, -0.1) is 6.58 Å². The second kappa shape index (κ2) is 5.98.